The minimum absolute atomic E-state index is 0.194. The maximum absolute atomic E-state index is 11.2. The van der Waals surface area contributed by atoms with Gasteiger partial charge in [0.15, 0.2) is 0 Å². The molecule has 0 amide bonds. The fourth-order valence-electron chi connectivity index (χ4n) is 2.47. The molecule has 1 aromatic carbocycles. The molecule has 0 aliphatic heterocycles. The molecular weight excluding hydrogens is 350 g/mol. The van der Waals surface area contributed by atoms with E-state index in [2.05, 4.69) is 4.98 Å². The summed E-state index contributed by atoms with van der Waals surface area (Å²) in [5.74, 6) is 2.10. The molecule has 0 spiro atoms. The Balaban J connectivity index is 2.06. The first kappa shape index (κ1) is 20.0. The van der Waals surface area contributed by atoms with Crippen LogP contribution in [0.1, 0.15) is 39.7 Å². The van der Waals surface area contributed by atoms with Crippen LogP contribution in [0.15, 0.2) is 42.1 Å². The SMILES string of the molecule is CCOc1ccc(Oc2ccc(/C=C(\C)C(C)CC(C)=O)cn2)c(Cl)c1. The van der Waals surface area contributed by atoms with Crippen LogP contribution < -0.4 is 9.47 Å². The lowest BCUT2D eigenvalue weighted by atomic mass is 9.96. The highest BCUT2D eigenvalue weighted by molar-refractivity contribution is 6.32. The van der Waals surface area contributed by atoms with Crippen LogP contribution in [0, 0.1) is 5.92 Å². The number of allylic oxidation sites excluding steroid dienone is 1. The van der Waals surface area contributed by atoms with Gasteiger partial charge in [0.05, 0.1) is 11.6 Å². The molecule has 1 atom stereocenters. The van der Waals surface area contributed by atoms with E-state index in [9.17, 15) is 4.79 Å². The van der Waals surface area contributed by atoms with Crippen molar-refractivity contribution in [3.8, 4) is 17.4 Å². The van der Waals surface area contributed by atoms with E-state index in [1.54, 1.807) is 31.3 Å². The Bertz CT molecular complexity index is 784. The fraction of sp³-hybridized carbons (Fsp3) is 0.333. The van der Waals surface area contributed by atoms with E-state index < -0.39 is 0 Å². The average molecular weight is 374 g/mol. The minimum Gasteiger partial charge on any atom is -0.494 e. The Morgan fingerprint density at radius 2 is 2.04 bits per heavy atom. The third kappa shape index (κ3) is 5.88. The lowest BCUT2D eigenvalue weighted by Gasteiger charge is -2.11. The molecule has 1 heterocycles. The predicted molar refractivity (Wildman–Crippen MR) is 105 cm³/mol. The second kappa shape index (κ2) is 9.39. The smallest absolute Gasteiger partial charge is 0.219 e. The number of carbonyl (C=O) groups excluding carboxylic acids is 1. The van der Waals surface area contributed by atoms with Crippen LogP contribution in [0.2, 0.25) is 5.02 Å². The summed E-state index contributed by atoms with van der Waals surface area (Å²) < 4.78 is 11.1. The van der Waals surface area contributed by atoms with Gasteiger partial charge in [-0.05, 0) is 50.5 Å². The second-order valence-corrected chi connectivity index (χ2v) is 6.66. The van der Waals surface area contributed by atoms with Crippen LogP contribution in [0.5, 0.6) is 17.4 Å². The summed E-state index contributed by atoms with van der Waals surface area (Å²) in [4.78, 5) is 15.6. The van der Waals surface area contributed by atoms with E-state index in [4.69, 9.17) is 21.1 Å². The van der Waals surface area contributed by atoms with Crippen LogP contribution in [-0.4, -0.2) is 17.4 Å². The number of hydrogen-bond donors (Lipinski definition) is 0. The van der Waals surface area contributed by atoms with Gasteiger partial charge in [-0.2, -0.15) is 0 Å². The highest BCUT2D eigenvalue weighted by Gasteiger charge is 2.08. The van der Waals surface area contributed by atoms with Crippen LogP contribution in [0.4, 0.5) is 0 Å². The highest BCUT2D eigenvalue weighted by atomic mass is 35.5. The number of carbonyl (C=O) groups is 1. The highest BCUT2D eigenvalue weighted by Crippen LogP contribution is 2.32. The average Bonchev–Trinajstić information content (AvgIpc) is 2.58. The predicted octanol–water partition coefficient (Wildman–Crippen LogP) is 5.94. The zero-order chi connectivity index (χ0) is 19.1. The Morgan fingerprint density at radius 3 is 2.62 bits per heavy atom. The molecule has 5 heteroatoms. The van der Waals surface area contributed by atoms with E-state index in [0.29, 0.717) is 35.4 Å². The van der Waals surface area contributed by atoms with Crippen LogP contribution >= 0.6 is 11.6 Å². The van der Waals surface area contributed by atoms with Gasteiger partial charge in [0, 0.05) is 24.8 Å². The summed E-state index contributed by atoms with van der Waals surface area (Å²) >= 11 is 6.22. The molecule has 0 N–H and O–H groups in total. The number of aromatic nitrogens is 1. The van der Waals surface area contributed by atoms with Crippen LogP contribution in [-0.2, 0) is 4.79 Å². The zero-order valence-corrected chi connectivity index (χ0v) is 16.3. The third-order valence-electron chi connectivity index (χ3n) is 3.95. The van der Waals surface area contributed by atoms with Crippen molar-refractivity contribution in [1.82, 2.24) is 4.98 Å². The van der Waals surface area contributed by atoms with Gasteiger partial charge in [0.1, 0.15) is 17.3 Å². The van der Waals surface area contributed by atoms with E-state index in [-0.39, 0.29) is 11.7 Å². The van der Waals surface area contributed by atoms with E-state index >= 15 is 0 Å². The number of ketones is 1. The summed E-state index contributed by atoms with van der Waals surface area (Å²) in [5, 5.41) is 0.468. The molecule has 0 bridgehead atoms. The molecule has 0 fully saturated rings. The summed E-state index contributed by atoms with van der Waals surface area (Å²) in [6, 6.07) is 9.01. The largest absolute Gasteiger partial charge is 0.494 e. The normalized spacial score (nSPS) is 12.6. The quantitative estimate of drug-likeness (QED) is 0.574. The van der Waals surface area contributed by atoms with Gasteiger partial charge >= 0.3 is 0 Å². The Labute approximate surface area is 159 Å². The van der Waals surface area contributed by atoms with Gasteiger partial charge in [-0.15, -0.1) is 0 Å². The zero-order valence-electron chi connectivity index (χ0n) is 15.6. The van der Waals surface area contributed by atoms with Crippen molar-refractivity contribution in [1.29, 1.82) is 0 Å². The molecule has 0 saturated carbocycles. The van der Waals surface area contributed by atoms with Crippen molar-refractivity contribution in [2.75, 3.05) is 6.61 Å². The molecule has 0 radical (unpaired) electrons. The van der Waals surface area contributed by atoms with Gasteiger partial charge in [0.2, 0.25) is 5.88 Å². The molecule has 0 aliphatic carbocycles. The van der Waals surface area contributed by atoms with E-state index in [0.717, 1.165) is 11.1 Å². The summed E-state index contributed by atoms with van der Waals surface area (Å²) in [7, 11) is 0. The first-order valence-corrected chi connectivity index (χ1v) is 9.00. The molecule has 2 aromatic rings. The maximum atomic E-state index is 11.2. The van der Waals surface area contributed by atoms with Crippen LogP contribution in [0.3, 0.4) is 0 Å². The number of rotatable bonds is 8. The van der Waals surface area contributed by atoms with Crippen molar-refractivity contribution in [2.24, 2.45) is 5.92 Å². The van der Waals surface area contributed by atoms with Gasteiger partial charge in [-0.25, -0.2) is 4.98 Å². The standard InChI is InChI=1S/C21H24ClNO3/c1-5-25-18-7-8-20(19(22)12-18)26-21-9-6-17(13-23-21)11-15(3)14(2)10-16(4)24/h6-9,11-14H,5,10H2,1-4H3/b15-11+. The van der Waals surface area contributed by atoms with E-state index in [1.807, 2.05) is 39.0 Å². The Hall–Kier alpha value is -2.33. The number of hydrogen-bond acceptors (Lipinski definition) is 4. The lowest BCUT2D eigenvalue weighted by molar-refractivity contribution is -0.117. The minimum atomic E-state index is 0.194. The van der Waals surface area contributed by atoms with Gasteiger partial charge in [-0.1, -0.05) is 30.2 Å². The first-order valence-electron chi connectivity index (χ1n) is 8.63. The summed E-state index contributed by atoms with van der Waals surface area (Å²) in [6.07, 6.45) is 4.32. The summed E-state index contributed by atoms with van der Waals surface area (Å²) in [6.45, 7) is 8.19. The molecule has 1 unspecified atom stereocenters. The maximum Gasteiger partial charge on any atom is 0.219 e. The van der Waals surface area contributed by atoms with Gasteiger partial charge in [0.25, 0.3) is 0 Å². The molecule has 4 nitrogen and oxygen atoms in total. The van der Waals surface area contributed by atoms with Crippen LogP contribution in [0.25, 0.3) is 6.08 Å². The van der Waals surface area contributed by atoms with Gasteiger partial charge in [-0.3, -0.25) is 0 Å². The third-order valence-corrected chi connectivity index (χ3v) is 4.25. The number of benzene rings is 1. The number of pyridine rings is 1. The Kier molecular flexibility index (Phi) is 7.22. The second-order valence-electron chi connectivity index (χ2n) is 6.25. The molecule has 1 aromatic heterocycles. The van der Waals surface area contributed by atoms with Crippen molar-refractivity contribution >= 4 is 23.5 Å². The molecule has 26 heavy (non-hydrogen) atoms. The summed E-state index contributed by atoms with van der Waals surface area (Å²) in [5.41, 5.74) is 2.10. The molecule has 0 saturated heterocycles. The van der Waals surface area contributed by atoms with Crippen molar-refractivity contribution < 1.29 is 14.3 Å². The monoisotopic (exact) mass is 373 g/mol. The van der Waals surface area contributed by atoms with Crippen molar-refractivity contribution in [2.45, 2.75) is 34.1 Å². The lowest BCUT2D eigenvalue weighted by Crippen LogP contribution is -2.02. The molecule has 138 valence electrons. The Morgan fingerprint density at radius 1 is 1.27 bits per heavy atom. The number of halogens is 1. The number of Topliss-reactive ketones (excluding diaryl/α,β-unsaturated/α-hetero) is 1. The fourth-order valence-corrected chi connectivity index (χ4v) is 2.68. The molecule has 2 rings (SSSR count). The number of ether oxygens (including phenoxy) is 2. The first-order chi connectivity index (χ1) is 12.4. The van der Waals surface area contributed by atoms with Crippen molar-refractivity contribution in [3.05, 3.63) is 52.7 Å². The molecular formula is C21H24ClNO3. The molecule has 0 aliphatic rings. The van der Waals surface area contributed by atoms with Gasteiger partial charge < -0.3 is 14.3 Å². The van der Waals surface area contributed by atoms with E-state index in [1.165, 1.54) is 0 Å². The van der Waals surface area contributed by atoms with Crippen molar-refractivity contribution in [3.63, 3.8) is 0 Å². The topological polar surface area (TPSA) is 48.4 Å². The number of nitrogens with zero attached hydrogens (tertiary/aromatic N) is 1.